The lowest BCUT2D eigenvalue weighted by Crippen LogP contribution is -2.33. The molecule has 0 saturated heterocycles. The van der Waals surface area contributed by atoms with E-state index in [0.29, 0.717) is 28.2 Å². The van der Waals surface area contributed by atoms with Crippen molar-refractivity contribution in [2.24, 2.45) is 0 Å². The molecule has 5 rings (SSSR count). The smallest absolute Gasteiger partial charge is 0.252 e. The molecule has 0 aliphatic carbocycles. The van der Waals surface area contributed by atoms with Crippen LogP contribution in [0.25, 0.3) is 10.9 Å². The van der Waals surface area contributed by atoms with E-state index < -0.39 is 10.0 Å². The number of pyridine rings is 1. The average molecular weight is 519 g/mol. The maximum atomic E-state index is 14.2. The number of nitrogens with zero attached hydrogens (tertiary/aromatic N) is 1. The first-order valence-corrected chi connectivity index (χ1v) is 13.6. The summed E-state index contributed by atoms with van der Waals surface area (Å²) in [7, 11) is -3.97. The van der Waals surface area contributed by atoms with E-state index in [9.17, 15) is 13.2 Å². The zero-order chi connectivity index (χ0) is 26.5. The second-order valence-electron chi connectivity index (χ2n) is 9.86. The van der Waals surface area contributed by atoms with E-state index in [0.717, 1.165) is 33.2 Å². The molecule has 0 radical (unpaired) electrons. The summed E-state index contributed by atoms with van der Waals surface area (Å²) in [6, 6.07) is 14.9. The zero-order valence-corrected chi connectivity index (χ0v) is 22.5. The molecule has 1 aliphatic heterocycles. The third kappa shape index (κ3) is 4.74. The number of rotatable bonds is 6. The molecule has 0 amide bonds. The molecule has 37 heavy (non-hydrogen) atoms. The molecule has 0 saturated carbocycles. The van der Waals surface area contributed by atoms with Crippen LogP contribution in [0.15, 0.2) is 58.2 Å². The molecule has 1 aliphatic rings. The van der Waals surface area contributed by atoms with E-state index in [2.05, 4.69) is 4.98 Å². The number of hydrogen-bond donors (Lipinski definition) is 1. The van der Waals surface area contributed by atoms with Crippen LogP contribution in [-0.2, 0) is 23.1 Å². The molecule has 1 aromatic heterocycles. The molecular weight excluding hydrogens is 488 g/mol. The van der Waals surface area contributed by atoms with Gasteiger partial charge in [0.1, 0.15) is 0 Å². The lowest BCUT2D eigenvalue weighted by Gasteiger charge is -2.25. The molecule has 0 spiro atoms. The van der Waals surface area contributed by atoms with Gasteiger partial charge in [0, 0.05) is 18.7 Å². The maximum absolute atomic E-state index is 14.2. The minimum Gasteiger partial charge on any atom is -0.454 e. The lowest BCUT2D eigenvalue weighted by molar-refractivity contribution is 0.174. The summed E-state index contributed by atoms with van der Waals surface area (Å²) in [5.41, 5.74) is 5.95. The van der Waals surface area contributed by atoms with E-state index in [4.69, 9.17) is 9.47 Å². The predicted molar refractivity (Wildman–Crippen MR) is 144 cm³/mol. The summed E-state index contributed by atoms with van der Waals surface area (Å²) in [5, 5.41) is 0.871. The highest BCUT2D eigenvalue weighted by atomic mass is 32.2. The number of aromatic nitrogens is 1. The Balaban J connectivity index is 1.62. The van der Waals surface area contributed by atoms with E-state index in [1.54, 1.807) is 32.0 Å². The number of benzene rings is 3. The minimum atomic E-state index is -3.97. The van der Waals surface area contributed by atoms with Gasteiger partial charge in [0.2, 0.25) is 16.8 Å². The van der Waals surface area contributed by atoms with Crippen LogP contribution >= 0.6 is 0 Å². The fraction of sp³-hybridized carbons (Fsp3) is 0.276. The van der Waals surface area contributed by atoms with E-state index in [-0.39, 0.29) is 30.3 Å². The quantitative estimate of drug-likeness (QED) is 0.380. The maximum Gasteiger partial charge on any atom is 0.252 e. The van der Waals surface area contributed by atoms with Crippen LogP contribution in [0, 0.1) is 34.6 Å². The van der Waals surface area contributed by atoms with Crippen molar-refractivity contribution in [3.8, 4) is 11.5 Å². The Morgan fingerprint density at radius 1 is 0.811 bits per heavy atom. The summed E-state index contributed by atoms with van der Waals surface area (Å²) in [6.07, 6.45) is 0. The van der Waals surface area contributed by atoms with Crippen LogP contribution in [0.5, 0.6) is 11.5 Å². The molecule has 0 fully saturated rings. The molecule has 8 heteroatoms. The van der Waals surface area contributed by atoms with Crippen LogP contribution in [0.3, 0.4) is 0 Å². The summed E-state index contributed by atoms with van der Waals surface area (Å²) >= 11 is 0. The Morgan fingerprint density at radius 3 is 2.19 bits per heavy atom. The van der Waals surface area contributed by atoms with Crippen LogP contribution in [0.2, 0.25) is 0 Å². The van der Waals surface area contributed by atoms with Crippen molar-refractivity contribution in [2.45, 2.75) is 52.6 Å². The van der Waals surface area contributed by atoms with Gasteiger partial charge in [-0.3, -0.25) is 4.79 Å². The highest BCUT2D eigenvalue weighted by Gasteiger charge is 2.30. The second kappa shape index (κ2) is 9.36. The summed E-state index contributed by atoms with van der Waals surface area (Å²) in [4.78, 5) is 16.4. The first-order valence-electron chi connectivity index (χ1n) is 12.1. The van der Waals surface area contributed by atoms with E-state index in [1.807, 2.05) is 51.1 Å². The normalized spacial score (nSPS) is 13.0. The first kappa shape index (κ1) is 25.0. The fourth-order valence-electron chi connectivity index (χ4n) is 5.21. The van der Waals surface area contributed by atoms with Gasteiger partial charge in [0.25, 0.3) is 5.56 Å². The number of H-pyrrole nitrogens is 1. The lowest BCUT2D eigenvalue weighted by atomic mass is 10.1. The second-order valence-corrected chi connectivity index (χ2v) is 11.7. The van der Waals surface area contributed by atoms with Gasteiger partial charge in [-0.2, -0.15) is 4.31 Å². The minimum absolute atomic E-state index is 0.0655. The highest BCUT2D eigenvalue weighted by molar-refractivity contribution is 7.89. The molecule has 0 bridgehead atoms. The monoisotopic (exact) mass is 518 g/mol. The first-order chi connectivity index (χ1) is 17.5. The number of nitrogens with one attached hydrogen (secondary N) is 1. The van der Waals surface area contributed by atoms with Gasteiger partial charge in [-0.25, -0.2) is 8.42 Å². The highest BCUT2D eigenvalue weighted by Crippen LogP contribution is 2.34. The third-order valence-corrected chi connectivity index (χ3v) is 8.81. The van der Waals surface area contributed by atoms with Gasteiger partial charge >= 0.3 is 0 Å². The Bertz CT molecular complexity index is 1680. The molecule has 4 aromatic rings. The largest absolute Gasteiger partial charge is 0.454 e. The molecule has 0 atom stereocenters. The van der Waals surface area contributed by atoms with E-state index >= 15 is 0 Å². The third-order valence-electron chi connectivity index (χ3n) is 6.72. The van der Waals surface area contributed by atoms with Crippen molar-refractivity contribution in [3.63, 3.8) is 0 Å². The molecule has 7 nitrogen and oxygen atoms in total. The van der Waals surface area contributed by atoms with Crippen molar-refractivity contribution < 1.29 is 17.9 Å². The van der Waals surface area contributed by atoms with Gasteiger partial charge < -0.3 is 14.5 Å². The molecule has 1 N–H and O–H groups in total. The van der Waals surface area contributed by atoms with Crippen LogP contribution in [0.4, 0.5) is 0 Å². The zero-order valence-electron chi connectivity index (χ0n) is 21.6. The number of fused-ring (bicyclic) bond motifs is 2. The summed E-state index contributed by atoms with van der Waals surface area (Å²) < 4.78 is 40.6. The Labute approximate surface area is 216 Å². The SMILES string of the molecule is Cc1cc(C)c(S(=O)(=O)N(Cc2ccc3c(c2)OCO3)Cc2cc3cc(C)cc(C)c3[nH]c2=O)c(C)c1. The van der Waals surface area contributed by atoms with Crippen molar-refractivity contribution in [3.05, 3.63) is 97.8 Å². The van der Waals surface area contributed by atoms with Gasteiger partial charge in [0.05, 0.1) is 10.4 Å². The van der Waals surface area contributed by atoms with E-state index in [1.165, 1.54) is 4.31 Å². The standard InChI is InChI=1S/C29H30N2O5S/c1-17-9-20(4)28(21(5)10-17)37(33,34)31(14-22-6-7-25-26(12-22)36-16-35-25)15-24-13-23-11-18(2)8-19(3)27(23)30-29(24)32/h6-13H,14-16H2,1-5H3,(H,30,32). The predicted octanol–water partition coefficient (Wildman–Crippen LogP) is 5.19. The average Bonchev–Trinajstić information content (AvgIpc) is 3.26. The molecule has 192 valence electrons. The molecule has 3 aromatic carbocycles. The Hall–Kier alpha value is -3.62. The summed E-state index contributed by atoms with van der Waals surface area (Å²) in [6.45, 7) is 9.62. The molecule has 0 unspecified atom stereocenters. The van der Waals surface area contributed by atoms with Gasteiger partial charge in [-0.05, 0) is 86.5 Å². The molecule has 2 heterocycles. The number of ether oxygens (including phenoxy) is 2. The number of hydrogen-bond acceptors (Lipinski definition) is 5. The molecular formula is C29H30N2O5S. The number of aryl methyl sites for hydroxylation is 5. The van der Waals surface area contributed by atoms with Crippen molar-refractivity contribution in [1.82, 2.24) is 9.29 Å². The van der Waals surface area contributed by atoms with Crippen molar-refractivity contribution in [1.29, 1.82) is 0 Å². The van der Waals surface area contributed by atoms with Crippen LogP contribution in [0.1, 0.15) is 38.9 Å². The van der Waals surface area contributed by atoms with Crippen molar-refractivity contribution in [2.75, 3.05) is 6.79 Å². The van der Waals surface area contributed by atoms with Crippen LogP contribution in [-0.4, -0.2) is 24.5 Å². The van der Waals surface area contributed by atoms with Crippen LogP contribution < -0.4 is 15.0 Å². The number of aromatic amines is 1. The van der Waals surface area contributed by atoms with Gasteiger partial charge in [-0.1, -0.05) is 35.4 Å². The van der Waals surface area contributed by atoms with Gasteiger partial charge in [-0.15, -0.1) is 0 Å². The van der Waals surface area contributed by atoms with Gasteiger partial charge in [0.15, 0.2) is 11.5 Å². The fourth-order valence-corrected chi connectivity index (χ4v) is 7.03. The van der Waals surface area contributed by atoms with Crippen molar-refractivity contribution >= 4 is 20.9 Å². The number of sulfonamides is 1. The Morgan fingerprint density at radius 2 is 1.46 bits per heavy atom. The topological polar surface area (TPSA) is 88.7 Å². The Kier molecular flexibility index (Phi) is 6.33. The summed E-state index contributed by atoms with van der Waals surface area (Å²) in [5.74, 6) is 1.20.